The van der Waals surface area contributed by atoms with E-state index in [2.05, 4.69) is 52.8 Å². The molecule has 186 valence electrons. The van der Waals surface area contributed by atoms with Crippen LogP contribution in [0.2, 0.25) is 0 Å². The number of nitrogens with one attached hydrogen (secondary N) is 2. The molecule has 7 heteroatoms. The smallest absolute Gasteiger partial charge is 0.253 e. The maximum atomic E-state index is 12.2. The summed E-state index contributed by atoms with van der Waals surface area (Å²) in [5, 5.41) is 6.73. The summed E-state index contributed by atoms with van der Waals surface area (Å²) >= 11 is 0. The van der Waals surface area contributed by atoms with Crippen molar-refractivity contribution in [3.8, 4) is 0 Å². The van der Waals surface area contributed by atoms with Crippen molar-refractivity contribution in [2.45, 2.75) is 45.7 Å². The van der Waals surface area contributed by atoms with Crippen molar-refractivity contribution in [2.24, 2.45) is 4.99 Å². The number of aliphatic imine (C=N–C) groups is 1. The molecule has 1 heterocycles. The van der Waals surface area contributed by atoms with E-state index >= 15 is 0 Å². The fourth-order valence-corrected chi connectivity index (χ4v) is 4.08. The summed E-state index contributed by atoms with van der Waals surface area (Å²) in [4.78, 5) is 21.1. The van der Waals surface area contributed by atoms with E-state index in [0.29, 0.717) is 6.54 Å². The third kappa shape index (κ3) is 9.25. The Balaban J connectivity index is 0.00000408. The van der Waals surface area contributed by atoms with Gasteiger partial charge in [0.2, 0.25) is 0 Å². The Morgan fingerprint density at radius 1 is 0.971 bits per heavy atom. The molecule has 0 spiro atoms. The lowest BCUT2D eigenvalue weighted by Gasteiger charge is -2.26. The maximum absolute atomic E-state index is 12.2. The van der Waals surface area contributed by atoms with Gasteiger partial charge >= 0.3 is 0 Å². The predicted octanol–water partition coefficient (Wildman–Crippen LogP) is 4.29. The van der Waals surface area contributed by atoms with Gasteiger partial charge in [0.25, 0.3) is 5.91 Å². The Morgan fingerprint density at radius 3 is 2.35 bits per heavy atom. The molecule has 1 fully saturated rings. The lowest BCUT2D eigenvalue weighted by atomic mass is 10.1. The van der Waals surface area contributed by atoms with Crippen LogP contribution < -0.4 is 10.6 Å². The van der Waals surface area contributed by atoms with E-state index in [-0.39, 0.29) is 29.9 Å². The van der Waals surface area contributed by atoms with Gasteiger partial charge in [0.15, 0.2) is 5.96 Å². The molecule has 6 nitrogen and oxygen atoms in total. The minimum absolute atomic E-state index is 0. The molecule has 3 rings (SSSR count). The number of carbonyl (C=O) groups excluding carboxylic acids is 1. The highest BCUT2D eigenvalue weighted by atomic mass is 127. The van der Waals surface area contributed by atoms with Gasteiger partial charge < -0.3 is 15.5 Å². The number of carbonyl (C=O) groups is 1. The summed E-state index contributed by atoms with van der Waals surface area (Å²) in [6.45, 7) is 7.78. The molecule has 0 bridgehead atoms. The number of hydrogen-bond acceptors (Lipinski definition) is 3. The monoisotopic (exact) mass is 577 g/mol. The van der Waals surface area contributed by atoms with Crippen LogP contribution in [0.1, 0.15) is 53.2 Å². The topological polar surface area (TPSA) is 60.0 Å². The second kappa shape index (κ2) is 15.0. The number of nitrogens with zero attached hydrogens (tertiary/aromatic N) is 3. The minimum Gasteiger partial charge on any atom is -0.357 e. The molecule has 0 aliphatic carbocycles. The zero-order valence-electron chi connectivity index (χ0n) is 20.8. The zero-order chi connectivity index (χ0) is 23.5. The molecule has 0 saturated carbocycles. The van der Waals surface area contributed by atoms with Gasteiger partial charge in [-0.1, -0.05) is 42.8 Å². The quantitative estimate of drug-likeness (QED) is 0.265. The Bertz CT molecular complexity index is 907. The normalized spacial score (nSPS) is 14.3. The van der Waals surface area contributed by atoms with Crippen LogP contribution in [0.4, 0.5) is 0 Å². The van der Waals surface area contributed by atoms with Crippen LogP contribution in [0.15, 0.2) is 53.5 Å². The van der Waals surface area contributed by atoms with Gasteiger partial charge in [-0.25, -0.2) is 4.99 Å². The minimum atomic E-state index is 0. The number of amides is 1. The number of likely N-dealkylation sites (tertiary alicyclic amines) is 1. The average Bonchev–Trinajstić information content (AvgIpc) is 2.84. The van der Waals surface area contributed by atoms with Gasteiger partial charge in [-0.3, -0.25) is 9.69 Å². The Kier molecular flexibility index (Phi) is 12.4. The van der Waals surface area contributed by atoms with E-state index < -0.39 is 0 Å². The summed E-state index contributed by atoms with van der Waals surface area (Å²) in [7, 11) is 3.55. The highest BCUT2D eigenvalue weighted by Crippen LogP contribution is 2.14. The Labute approximate surface area is 222 Å². The SMILES string of the molecule is CCNC(=NCc1ccc(CN2CCCCC2)cc1)NCCc1cccc(C(=O)N(C)C)c1.I. The van der Waals surface area contributed by atoms with Crippen LogP contribution in [0.25, 0.3) is 0 Å². The molecule has 1 amide bonds. The molecule has 0 unspecified atom stereocenters. The second-order valence-corrected chi connectivity index (χ2v) is 8.93. The number of hydrogen-bond donors (Lipinski definition) is 2. The molecule has 2 aromatic rings. The van der Waals surface area contributed by atoms with Crippen molar-refractivity contribution in [2.75, 3.05) is 40.3 Å². The molecule has 2 N–H and O–H groups in total. The van der Waals surface area contributed by atoms with Crippen molar-refractivity contribution in [3.63, 3.8) is 0 Å². The predicted molar refractivity (Wildman–Crippen MR) is 152 cm³/mol. The number of benzene rings is 2. The number of rotatable bonds is 9. The van der Waals surface area contributed by atoms with Gasteiger partial charge in [0.1, 0.15) is 0 Å². The molecule has 0 atom stereocenters. The fourth-order valence-electron chi connectivity index (χ4n) is 4.08. The average molecular weight is 578 g/mol. The standard InChI is InChI=1S/C27H39N5O.HI/c1-4-28-27(29-16-15-22-9-8-10-25(19-22)26(33)31(2)3)30-20-23-11-13-24(14-12-23)21-32-17-6-5-7-18-32;/h8-14,19H,4-7,15-18,20-21H2,1-3H3,(H2,28,29,30);1H. The first kappa shape index (κ1) is 28.1. The second-order valence-electron chi connectivity index (χ2n) is 8.93. The molecule has 0 radical (unpaired) electrons. The molecule has 0 aromatic heterocycles. The molecule has 34 heavy (non-hydrogen) atoms. The summed E-state index contributed by atoms with van der Waals surface area (Å²) in [5.74, 6) is 0.845. The number of guanidine groups is 1. The van der Waals surface area contributed by atoms with Gasteiger partial charge in [-0.15, -0.1) is 24.0 Å². The largest absolute Gasteiger partial charge is 0.357 e. The molecule has 1 saturated heterocycles. The van der Waals surface area contributed by atoms with Crippen LogP contribution in [-0.4, -0.2) is 61.9 Å². The van der Waals surface area contributed by atoms with Gasteiger partial charge in [-0.05, 0) is 68.1 Å². The van der Waals surface area contributed by atoms with Crippen molar-refractivity contribution in [1.82, 2.24) is 20.4 Å². The van der Waals surface area contributed by atoms with E-state index in [0.717, 1.165) is 43.1 Å². The van der Waals surface area contributed by atoms with E-state index in [1.807, 2.05) is 18.2 Å². The highest BCUT2D eigenvalue weighted by Gasteiger charge is 2.10. The van der Waals surface area contributed by atoms with Gasteiger partial charge in [0.05, 0.1) is 6.54 Å². The van der Waals surface area contributed by atoms with Gasteiger partial charge in [-0.2, -0.15) is 0 Å². The fraction of sp³-hybridized carbons (Fsp3) is 0.481. The van der Waals surface area contributed by atoms with Crippen molar-refractivity contribution >= 4 is 35.8 Å². The molecular weight excluding hydrogens is 537 g/mol. The van der Waals surface area contributed by atoms with Crippen molar-refractivity contribution < 1.29 is 4.79 Å². The van der Waals surface area contributed by atoms with E-state index in [1.165, 1.54) is 43.5 Å². The molecule has 2 aromatic carbocycles. The summed E-state index contributed by atoms with van der Waals surface area (Å²) < 4.78 is 0. The maximum Gasteiger partial charge on any atom is 0.253 e. The number of piperidine rings is 1. The lowest BCUT2D eigenvalue weighted by molar-refractivity contribution is 0.0827. The van der Waals surface area contributed by atoms with Crippen LogP contribution in [0.3, 0.4) is 0 Å². The van der Waals surface area contributed by atoms with Crippen LogP contribution >= 0.6 is 24.0 Å². The lowest BCUT2D eigenvalue weighted by Crippen LogP contribution is -2.38. The first-order valence-corrected chi connectivity index (χ1v) is 12.2. The molecule has 1 aliphatic heterocycles. The summed E-state index contributed by atoms with van der Waals surface area (Å²) in [5.41, 5.74) is 4.45. The first-order chi connectivity index (χ1) is 16.0. The Hall–Kier alpha value is -2.13. The highest BCUT2D eigenvalue weighted by molar-refractivity contribution is 14.0. The third-order valence-corrected chi connectivity index (χ3v) is 5.93. The molecule has 1 aliphatic rings. The van der Waals surface area contributed by atoms with E-state index in [9.17, 15) is 4.79 Å². The molecular formula is C27H40IN5O. The van der Waals surface area contributed by atoms with Crippen LogP contribution in [0.5, 0.6) is 0 Å². The number of halogens is 1. The van der Waals surface area contributed by atoms with E-state index in [4.69, 9.17) is 4.99 Å². The van der Waals surface area contributed by atoms with Crippen molar-refractivity contribution in [1.29, 1.82) is 0 Å². The van der Waals surface area contributed by atoms with Crippen LogP contribution in [0, 0.1) is 0 Å². The third-order valence-electron chi connectivity index (χ3n) is 5.93. The summed E-state index contributed by atoms with van der Waals surface area (Å²) in [6.07, 6.45) is 4.85. The first-order valence-electron chi connectivity index (χ1n) is 12.2. The van der Waals surface area contributed by atoms with Crippen LogP contribution in [-0.2, 0) is 19.5 Å². The zero-order valence-corrected chi connectivity index (χ0v) is 23.2. The van der Waals surface area contributed by atoms with Crippen molar-refractivity contribution in [3.05, 3.63) is 70.8 Å². The Morgan fingerprint density at radius 2 is 1.68 bits per heavy atom. The van der Waals surface area contributed by atoms with Gasteiger partial charge in [0, 0.05) is 39.3 Å². The summed E-state index contributed by atoms with van der Waals surface area (Å²) in [6, 6.07) is 16.7. The van der Waals surface area contributed by atoms with E-state index in [1.54, 1.807) is 19.0 Å².